The van der Waals surface area contributed by atoms with Gasteiger partial charge in [-0.15, -0.1) is 11.3 Å². The molecule has 3 rings (SSSR count). The Kier molecular flexibility index (Phi) is 5.55. The smallest absolute Gasteiger partial charge is 0.251 e. The summed E-state index contributed by atoms with van der Waals surface area (Å²) in [5, 5.41) is 9.28. The van der Waals surface area contributed by atoms with Crippen LogP contribution in [-0.2, 0) is 4.79 Å². The number of carbonyl (C=O) groups is 2. The molecule has 0 unspecified atom stereocenters. The fraction of sp³-hybridized carbons (Fsp3) is 0.353. The van der Waals surface area contributed by atoms with Gasteiger partial charge in [-0.1, -0.05) is 18.2 Å². The molecule has 3 N–H and O–H groups in total. The van der Waals surface area contributed by atoms with Gasteiger partial charge in [-0.05, 0) is 44.0 Å². The van der Waals surface area contributed by atoms with Crippen molar-refractivity contribution in [3.8, 4) is 0 Å². The van der Waals surface area contributed by atoms with Crippen molar-refractivity contribution >= 4 is 28.3 Å². The molecule has 0 spiro atoms. The Balaban J connectivity index is 1.48. The molecule has 0 radical (unpaired) electrons. The average Bonchev–Trinajstić information content (AvgIpc) is 3.09. The first-order valence-corrected chi connectivity index (χ1v) is 8.83. The van der Waals surface area contributed by atoms with Crippen LogP contribution in [0.3, 0.4) is 0 Å². The molecule has 2 heterocycles. The van der Waals surface area contributed by atoms with Crippen molar-refractivity contribution in [2.75, 3.05) is 25.0 Å². The largest absolute Gasteiger partial charge is 0.343 e. The molecule has 1 aliphatic heterocycles. The van der Waals surface area contributed by atoms with Crippen LogP contribution in [0.15, 0.2) is 36.5 Å². The van der Waals surface area contributed by atoms with Crippen molar-refractivity contribution < 1.29 is 9.59 Å². The third-order valence-electron chi connectivity index (χ3n) is 3.96. The minimum Gasteiger partial charge on any atom is -0.343 e. The summed E-state index contributed by atoms with van der Waals surface area (Å²) in [6.07, 6.45) is 4.05. The lowest BCUT2D eigenvalue weighted by molar-refractivity contribution is -0.115. The number of amides is 2. The Hall–Kier alpha value is -2.25. The number of carbonyl (C=O) groups excluding carboxylic acids is 2. The van der Waals surface area contributed by atoms with Crippen molar-refractivity contribution in [3.05, 3.63) is 47.0 Å². The van der Waals surface area contributed by atoms with Crippen molar-refractivity contribution in [2.24, 2.45) is 0 Å². The number of rotatable bonds is 5. The number of aromatic nitrogens is 1. The fourth-order valence-corrected chi connectivity index (χ4v) is 3.66. The zero-order valence-corrected chi connectivity index (χ0v) is 14.1. The molecule has 0 bridgehead atoms. The normalized spacial score (nSPS) is 15.0. The van der Waals surface area contributed by atoms with Gasteiger partial charge in [0.2, 0.25) is 5.91 Å². The summed E-state index contributed by atoms with van der Waals surface area (Å²) in [7, 11) is 0. The molecule has 24 heavy (non-hydrogen) atoms. The summed E-state index contributed by atoms with van der Waals surface area (Å²) in [6.45, 7) is 1.97. The van der Waals surface area contributed by atoms with Crippen LogP contribution in [0.2, 0.25) is 0 Å². The van der Waals surface area contributed by atoms with Gasteiger partial charge in [0.15, 0.2) is 5.13 Å². The number of anilines is 1. The van der Waals surface area contributed by atoms with E-state index in [-0.39, 0.29) is 18.4 Å². The van der Waals surface area contributed by atoms with E-state index in [9.17, 15) is 9.59 Å². The molecule has 7 heteroatoms. The predicted octanol–water partition coefficient (Wildman–Crippen LogP) is 1.98. The van der Waals surface area contributed by atoms with Crippen LogP contribution in [0, 0.1) is 0 Å². The van der Waals surface area contributed by atoms with Gasteiger partial charge < -0.3 is 16.0 Å². The van der Waals surface area contributed by atoms with Gasteiger partial charge in [-0.25, -0.2) is 4.98 Å². The monoisotopic (exact) mass is 344 g/mol. The molecule has 1 saturated heterocycles. The summed E-state index contributed by atoms with van der Waals surface area (Å²) in [6, 6.07) is 8.82. The molecule has 2 aromatic rings. The summed E-state index contributed by atoms with van der Waals surface area (Å²) in [4.78, 5) is 29.3. The Labute approximate surface area is 144 Å². The van der Waals surface area contributed by atoms with E-state index in [1.165, 1.54) is 16.2 Å². The van der Waals surface area contributed by atoms with Crippen molar-refractivity contribution in [2.45, 2.75) is 18.8 Å². The van der Waals surface area contributed by atoms with Crippen molar-refractivity contribution in [3.63, 3.8) is 0 Å². The van der Waals surface area contributed by atoms with Gasteiger partial charge in [0.1, 0.15) is 0 Å². The molecule has 1 fully saturated rings. The predicted molar refractivity (Wildman–Crippen MR) is 94.4 cm³/mol. The maximum Gasteiger partial charge on any atom is 0.251 e. The number of piperidine rings is 1. The van der Waals surface area contributed by atoms with E-state index in [1.54, 1.807) is 24.3 Å². The Morgan fingerprint density at radius 2 is 1.96 bits per heavy atom. The molecule has 0 atom stereocenters. The second kappa shape index (κ2) is 8.03. The zero-order valence-electron chi connectivity index (χ0n) is 13.2. The third kappa shape index (κ3) is 4.39. The van der Waals surface area contributed by atoms with Gasteiger partial charge in [-0.3, -0.25) is 9.59 Å². The minimum absolute atomic E-state index is 0.0734. The lowest BCUT2D eigenvalue weighted by Crippen LogP contribution is -2.32. The standard InChI is InChI=1S/C17H20N4O2S/c22-15(11-19-16(23)13-4-2-1-3-5-13)21-17-20-10-14(24-17)12-6-8-18-9-7-12/h1-5,10,12,18H,6-9,11H2,(H,19,23)(H,20,21,22). The molecular weight excluding hydrogens is 324 g/mol. The Bertz CT molecular complexity index is 696. The first kappa shape index (κ1) is 16.6. The first-order valence-electron chi connectivity index (χ1n) is 8.02. The quantitative estimate of drug-likeness (QED) is 0.774. The molecule has 2 amide bonds. The highest BCUT2D eigenvalue weighted by atomic mass is 32.1. The SMILES string of the molecule is O=C(CNC(=O)c1ccccc1)Nc1ncc(C2CCNCC2)s1. The minimum atomic E-state index is -0.273. The number of thiazole rings is 1. The third-order valence-corrected chi connectivity index (χ3v) is 5.03. The second-order valence-electron chi connectivity index (χ2n) is 5.69. The van der Waals surface area contributed by atoms with Crippen LogP contribution >= 0.6 is 11.3 Å². The fourth-order valence-electron chi connectivity index (χ4n) is 2.66. The van der Waals surface area contributed by atoms with Crippen LogP contribution in [0.4, 0.5) is 5.13 Å². The van der Waals surface area contributed by atoms with Crippen LogP contribution in [0.5, 0.6) is 0 Å². The number of hydrogen-bond donors (Lipinski definition) is 3. The highest BCUT2D eigenvalue weighted by molar-refractivity contribution is 7.15. The van der Waals surface area contributed by atoms with Gasteiger partial charge in [0, 0.05) is 16.6 Å². The summed E-state index contributed by atoms with van der Waals surface area (Å²) >= 11 is 1.51. The number of benzene rings is 1. The Morgan fingerprint density at radius 3 is 2.71 bits per heavy atom. The highest BCUT2D eigenvalue weighted by Crippen LogP contribution is 2.31. The van der Waals surface area contributed by atoms with Crippen molar-refractivity contribution in [1.29, 1.82) is 0 Å². The molecular formula is C17H20N4O2S. The van der Waals surface area contributed by atoms with E-state index >= 15 is 0 Å². The molecule has 0 saturated carbocycles. The molecule has 1 aromatic carbocycles. The first-order chi connectivity index (χ1) is 11.7. The van der Waals surface area contributed by atoms with E-state index in [2.05, 4.69) is 20.9 Å². The average molecular weight is 344 g/mol. The Morgan fingerprint density at radius 1 is 1.21 bits per heavy atom. The van der Waals surface area contributed by atoms with E-state index in [0.29, 0.717) is 16.6 Å². The summed E-state index contributed by atoms with van der Waals surface area (Å²) < 4.78 is 0. The van der Waals surface area contributed by atoms with Crippen molar-refractivity contribution in [1.82, 2.24) is 15.6 Å². The van der Waals surface area contributed by atoms with Gasteiger partial charge in [0.05, 0.1) is 6.54 Å². The number of nitrogens with zero attached hydrogens (tertiary/aromatic N) is 1. The van der Waals surface area contributed by atoms with E-state index in [4.69, 9.17) is 0 Å². The maximum atomic E-state index is 12.0. The van der Waals surface area contributed by atoms with Gasteiger partial charge >= 0.3 is 0 Å². The maximum absolute atomic E-state index is 12.0. The topological polar surface area (TPSA) is 83.1 Å². The van der Waals surface area contributed by atoms with E-state index in [0.717, 1.165) is 25.9 Å². The van der Waals surface area contributed by atoms with Crippen LogP contribution in [0.1, 0.15) is 34.0 Å². The van der Waals surface area contributed by atoms with Crippen LogP contribution in [0.25, 0.3) is 0 Å². The van der Waals surface area contributed by atoms with Gasteiger partial charge in [-0.2, -0.15) is 0 Å². The zero-order chi connectivity index (χ0) is 16.8. The highest BCUT2D eigenvalue weighted by Gasteiger charge is 2.18. The molecule has 6 nitrogen and oxygen atoms in total. The second-order valence-corrected chi connectivity index (χ2v) is 6.75. The molecule has 1 aromatic heterocycles. The van der Waals surface area contributed by atoms with Gasteiger partial charge in [0.25, 0.3) is 5.91 Å². The summed E-state index contributed by atoms with van der Waals surface area (Å²) in [5.74, 6) is -0.0158. The van der Waals surface area contributed by atoms with E-state index in [1.807, 2.05) is 12.3 Å². The molecule has 126 valence electrons. The van der Waals surface area contributed by atoms with Crippen LogP contribution in [-0.4, -0.2) is 36.4 Å². The van der Waals surface area contributed by atoms with E-state index < -0.39 is 0 Å². The number of nitrogens with one attached hydrogen (secondary N) is 3. The molecule has 0 aliphatic carbocycles. The molecule has 1 aliphatic rings. The lowest BCUT2D eigenvalue weighted by Gasteiger charge is -2.20. The summed E-state index contributed by atoms with van der Waals surface area (Å²) in [5.41, 5.74) is 0.535. The number of hydrogen-bond acceptors (Lipinski definition) is 5. The lowest BCUT2D eigenvalue weighted by atomic mass is 9.97. The van der Waals surface area contributed by atoms with Crippen LogP contribution < -0.4 is 16.0 Å².